The molecule has 1 amide bonds. The van der Waals surface area contributed by atoms with Gasteiger partial charge in [0.2, 0.25) is 5.91 Å². The van der Waals surface area contributed by atoms with Crippen molar-refractivity contribution in [3.63, 3.8) is 0 Å². The van der Waals surface area contributed by atoms with Crippen molar-refractivity contribution in [1.29, 1.82) is 0 Å². The molecule has 0 aliphatic heterocycles. The van der Waals surface area contributed by atoms with E-state index in [0.29, 0.717) is 29.4 Å². The molecule has 0 atom stereocenters. The maximum Gasteiger partial charge on any atom is 0.222 e. The number of rotatable bonds is 6. The van der Waals surface area contributed by atoms with E-state index in [1.54, 1.807) is 31.2 Å². The highest BCUT2D eigenvalue weighted by Crippen LogP contribution is 2.23. The summed E-state index contributed by atoms with van der Waals surface area (Å²) < 4.78 is 5.31. The van der Waals surface area contributed by atoms with Crippen molar-refractivity contribution in [1.82, 2.24) is 4.90 Å². The van der Waals surface area contributed by atoms with Crippen LogP contribution in [0.25, 0.3) is 0 Å². The number of ether oxygens (including phenoxy) is 1. The van der Waals surface area contributed by atoms with Crippen LogP contribution in [-0.4, -0.2) is 25.0 Å². The van der Waals surface area contributed by atoms with Crippen molar-refractivity contribution in [2.75, 3.05) is 14.2 Å². The molecule has 5 heteroatoms. The third-order valence-corrected chi connectivity index (χ3v) is 4.24. The molecule has 0 saturated heterocycles. The molecule has 0 heterocycles. The zero-order valence-corrected chi connectivity index (χ0v) is 14.7. The van der Waals surface area contributed by atoms with Gasteiger partial charge in [-0.3, -0.25) is 4.79 Å². The fraction of sp³-hybridized carbons (Fsp3) is 0.278. The summed E-state index contributed by atoms with van der Waals surface area (Å²) in [6, 6.07) is 13.0. The summed E-state index contributed by atoms with van der Waals surface area (Å²) in [5.74, 6) is 0.842. The maximum atomic E-state index is 12.3. The van der Waals surface area contributed by atoms with Crippen molar-refractivity contribution in [2.45, 2.75) is 19.4 Å². The SMILES string of the molecule is COc1ccccc1CN(C)C(=O)CCc1ccc(Cl)cc1Cl. The summed E-state index contributed by atoms with van der Waals surface area (Å²) >= 11 is 12.0. The molecule has 0 unspecified atom stereocenters. The predicted molar refractivity (Wildman–Crippen MR) is 94.3 cm³/mol. The number of hydrogen-bond acceptors (Lipinski definition) is 2. The van der Waals surface area contributed by atoms with Gasteiger partial charge in [0.05, 0.1) is 7.11 Å². The predicted octanol–water partition coefficient (Wildman–Crippen LogP) is 4.59. The number of para-hydroxylation sites is 1. The standard InChI is InChI=1S/C18H19Cl2NO2/c1-21(12-14-5-3-4-6-17(14)23-2)18(22)10-8-13-7-9-15(19)11-16(13)20/h3-7,9,11H,8,10,12H2,1-2H3. The molecule has 2 aromatic rings. The maximum absolute atomic E-state index is 12.3. The van der Waals surface area contributed by atoms with Crippen LogP contribution >= 0.6 is 23.2 Å². The Balaban J connectivity index is 1.95. The highest BCUT2D eigenvalue weighted by Gasteiger charge is 2.13. The summed E-state index contributed by atoms with van der Waals surface area (Å²) in [7, 11) is 3.42. The first-order chi connectivity index (χ1) is 11.0. The van der Waals surface area contributed by atoms with E-state index in [2.05, 4.69) is 0 Å². The summed E-state index contributed by atoms with van der Waals surface area (Å²) in [5, 5.41) is 1.19. The number of halogens is 2. The Morgan fingerprint density at radius 1 is 1.13 bits per heavy atom. The summed E-state index contributed by atoms with van der Waals surface area (Å²) in [5.41, 5.74) is 1.91. The molecule has 0 saturated carbocycles. The highest BCUT2D eigenvalue weighted by atomic mass is 35.5. The Morgan fingerprint density at radius 3 is 2.57 bits per heavy atom. The minimum Gasteiger partial charge on any atom is -0.496 e. The molecule has 0 aromatic heterocycles. The molecule has 0 radical (unpaired) electrons. The highest BCUT2D eigenvalue weighted by molar-refractivity contribution is 6.35. The van der Waals surface area contributed by atoms with Crippen LogP contribution in [0.1, 0.15) is 17.5 Å². The van der Waals surface area contributed by atoms with Gasteiger partial charge in [0.25, 0.3) is 0 Å². The second kappa shape index (κ2) is 8.23. The van der Waals surface area contributed by atoms with E-state index in [0.717, 1.165) is 16.9 Å². The lowest BCUT2D eigenvalue weighted by Crippen LogP contribution is -2.26. The van der Waals surface area contributed by atoms with E-state index in [4.69, 9.17) is 27.9 Å². The Hall–Kier alpha value is -1.71. The first-order valence-corrected chi connectivity index (χ1v) is 8.06. The Labute approximate surface area is 146 Å². The quantitative estimate of drug-likeness (QED) is 0.761. The molecule has 0 aliphatic carbocycles. The Kier molecular flexibility index (Phi) is 6.31. The van der Waals surface area contributed by atoms with Gasteiger partial charge < -0.3 is 9.64 Å². The average Bonchev–Trinajstić information content (AvgIpc) is 2.54. The molecule has 0 fully saturated rings. The smallest absolute Gasteiger partial charge is 0.222 e. The van der Waals surface area contributed by atoms with Crippen molar-refractivity contribution in [2.24, 2.45) is 0 Å². The number of carbonyl (C=O) groups is 1. The largest absolute Gasteiger partial charge is 0.496 e. The lowest BCUT2D eigenvalue weighted by Gasteiger charge is -2.19. The van der Waals surface area contributed by atoms with E-state index >= 15 is 0 Å². The summed E-state index contributed by atoms with van der Waals surface area (Å²) in [6.45, 7) is 0.511. The zero-order chi connectivity index (χ0) is 16.8. The Bertz CT molecular complexity index is 688. The van der Waals surface area contributed by atoms with E-state index in [-0.39, 0.29) is 5.91 Å². The summed E-state index contributed by atoms with van der Waals surface area (Å²) in [6.07, 6.45) is 0.984. The number of aryl methyl sites for hydroxylation is 1. The molecular formula is C18H19Cl2NO2. The van der Waals surface area contributed by atoms with Gasteiger partial charge >= 0.3 is 0 Å². The van der Waals surface area contributed by atoms with E-state index in [9.17, 15) is 4.79 Å². The molecule has 2 aromatic carbocycles. The van der Waals surface area contributed by atoms with E-state index in [1.165, 1.54) is 0 Å². The molecule has 0 aliphatic rings. The fourth-order valence-corrected chi connectivity index (χ4v) is 2.84. The van der Waals surface area contributed by atoms with Crippen LogP contribution in [0, 0.1) is 0 Å². The van der Waals surface area contributed by atoms with Crippen LogP contribution in [-0.2, 0) is 17.8 Å². The molecule has 0 spiro atoms. The van der Waals surface area contributed by atoms with Gasteiger partial charge in [-0.25, -0.2) is 0 Å². The molecule has 122 valence electrons. The van der Waals surface area contributed by atoms with Crippen LogP contribution in [0.3, 0.4) is 0 Å². The third kappa shape index (κ3) is 4.88. The Morgan fingerprint density at radius 2 is 1.87 bits per heavy atom. The third-order valence-electron chi connectivity index (χ3n) is 3.65. The normalized spacial score (nSPS) is 10.4. The van der Waals surface area contributed by atoms with Gasteiger partial charge in [0.15, 0.2) is 0 Å². The minimum atomic E-state index is 0.0573. The molecule has 2 rings (SSSR count). The molecule has 3 nitrogen and oxygen atoms in total. The monoisotopic (exact) mass is 351 g/mol. The molecule has 23 heavy (non-hydrogen) atoms. The van der Waals surface area contributed by atoms with Crippen LogP contribution in [0.2, 0.25) is 10.0 Å². The number of hydrogen-bond donors (Lipinski definition) is 0. The van der Waals surface area contributed by atoms with Gasteiger partial charge in [0, 0.05) is 35.6 Å². The number of amides is 1. The van der Waals surface area contributed by atoms with Gasteiger partial charge in [-0.1, -0.05) is 47.5 Å². The van der Waals surface area contributed by atoms with Crippen LogP contribution < -0.4 is 4.74 Å². The lowest BCUT2D eigenvalue weighted by atomic mass is 10.1. The lowest BCUT2D eigenvalue weighted by molar-refractivity contribution is -0.130. The topological polar surface area (TPSA) is 29.5 Å². The number of benzene rings is 2. The molecular weight excluding hydrogens is 333 g/mol. The average molecular weight is 352 g/mol. The van der Waals surface area contributed by atoms with Crippen molar-refractivity contribution in [3.05, 3.63) is 63.6 Å². The van der Waals surface area contributed by atoms with Crippen molar-refractivity contribution >= 4 is 29.1 Å². The van der Waals surface area contributed by atoms with Gasteiger partial charge in [0.1, 0.15) is 5.75 Å². The molecule has 0 N–H and O–H groups in total. The van der Waals surface area contributed by atoms with E-state index in [1.807, 2.05) is 30.3 Å². The summed E-state index contributed by atoms with van der Waals surface area (Å²) in [4.78, 5) is 14.0. The minimum absolute atomic E-state index is 0.0573. The van der Waals surface area contributed by atoms with E-state index < -0.39 is 0 Å². The fourth-order valence-electron chi connectivity index (χ4n) is 2.33. The number of carbonyl (C=O) groups excluding carboxylic acids is 1. The van der Waals surface area contributed by atoms with Crippen LogP contribution in [0.4, 0.5) is 0 Å². The van der Waals surface area contributed by atoms with Gasteiger partial charge in [-0.2, -0.15) is 0 Å². The number of methoxy groups -OCH3 is 1. The first-order valence-electron chi connectivity index (χ1n) is 7.31. The number of nitrogens with zero attached hydrogens (tertiary/aromatic N) is 1. The van der Waals surface area contributed by atoms with Gasteiger partial charge in [-0.15, -0.1) is 0 Å². The van der Waals surface area contributed by atoms with Crippen molar-refractivity contribution in [3.8, 4) is 5.75 Å². The van der Waals surface area contributed by atoms with Crippen LogP contribution in [0.5, 0.6) is 5.75 Å². The van der Waals surface area contributed by atoms with Gasteiger partial charge in [-0.05, 0) is 30.2 Å². The second-order valence-corrected chi connectivity index (χ2v) is 6.14. The van der Waals surface area contributed by atoms with Crippen LogP contribution in [0.15, 0.2) is 42.5 Å². The van der Waals surface area contributed by atoms with Crippen molar-refractivity contribution < 1.29 is 9.53 Å². The molecule has 0 bridgehead atoms. The first kappa shape index (κ1) is 17.6. The zero-order valence-electron chi connectivity index (χ0n) is 13.2. The second-order valence-electron chi connectivity index (χ2n) is 5.30.